The lowest BCUT2D eigenvalue weighted by molar-refractivity contribution is 0.100. The fraction of sp³-hybridized carbons (Fsp3) is 0.364. The molecule has 14 heavy (non-hydrogen) atoms. The first kappa shape index (κ1) is 10.7. The monoisotopic (exact) mass is 192 g/mol. The highest BCUT2D eigenvalue weighted by Crippen LogP contribution is 2.04. The average Bonchev–Trinajstić information content (AvgIpc) is 2.15. The van der Waals surface area contributed by atoms with Gasteiger partial charge in [0.05, 0.1) is 0 Å². The van der Waals surface area contributed by atoms with Crippen LogP contribution in [0.2, 0.25) is 0 Å². The predicted octanol–water partition coefficient (Wildman–Crippen LogP) is 0.890. The quantitative estimate of drug-likeness (QED) is 0.770. The molecular formula is C11H16N2O. The van der Waals surface area contributed by atoms with Gasteiger partial charge < -0.3 is 10.6 Å². The third-order valence-electron chi connectivity index (χ3n) is 2.09. The zero-order chi connectivity index (χ0) is 10.6. The molecule has 1 aromatic carbocycles. The van der Waals surface area contributed by atoms with E-state index in [1.807, 2.05) is 26.2 Å². The van der Waals surface area contributed by atoms with Gasteiger partial charge in [-0.2, -0.15) is 0 Å². The van der Waals surface area contributed by atoms with Gasteiger partial charge in [0.15, 0.2) is 0 Å². The van der Waals surface area contributed by atoms with Crippen LogP contribution in [-0.2, 0) is 6.42 Å². The van der Waals surface area contributed by atoms with Gasteiger partial charge in [-0.25, -0.2) is 0 Å². The number of hydrogen-bond acceptors (Lipinski definition) is 2. The minimum atomic E-state index is -0.371. The molecule has 0 aliphatic heterocycles. The minimum Gasteiger partial charge on any atom is -0.366 e. The van der Waals surface area contributed by atoms with Crippen molar-refractivity contribution in [1.29, 1.82) is 0 Å². The van der Waals surface area contributed by atoms with E-state index >= 15 is 0 Å². The lowest BCUT2D eigenvalue weighted by Gasteiger charge is -2.09. The van der Waals surface area contributed by atoms with E-state index in [1.54, 1.807) is 12.1 Å². The Morgan fingerprint density at radius 3 is 2.29 bits per heavy atom. The second kappa shape index (κ2) is 4.77. The summed E-state index contributed by atoms with van der Waals surface area (Å²) >= 11 is 0. The van der Waals surface area contributed by atoms with Crippen LogP contribution in [0.1, 0.15) is 15.9 Å². The first-order valence-electron chi connectivity index (χ1n) is 4.63. The van der Waals surface area contributed by atoms with Crippen LogP contribution < -0.4 is 5.73 Å². The number of carbonyl (C=O) groups is 1. The van der Waals surface area contributed by atoms with E-state index < -0.39 is 0 Å². The standard InChI is InChI=1S/C11H16N2O/c1-13(2)8-7-9-3-5-10(6-4-9)11(12)14/h3-6H,7-8H2,1-2H3,(H2,12,14). The number of hydrogen-bond donors (Lipinski definition) is 1. The summed E-state index contributed by atoms with van der Waals surface area (Å²) in [4.78, 5) is 12.9. The van der Waals surface area contributed by atoms with Crippen molar-refractivity contribution in [3.05, 3.63) is 35.4 Å². The van der Waals surface area contributed by atoms with Gasteiger partial charge in [0.1, 0.15) is 0 Å². The molecule has 0 spiro atoms. The highest BCUT2D eigenvalue weighted by Gasteiger charge is 1.99. The van der Waals surface area contributed by atoms with Crippen LogP contribution in [0, 0.1) is 0 Å². The number of likely N-dealkylation sites (N-methyl/N-ethyl adjacent to an activating group) is 1. The van der Waals surface area contributed by atoms with Gasteiger partial charge in [-0.1, -0.05) is 12.1 Å². The molecule has 1 amide bonds. The Kier molecular flexibility index (Phi) is 3.65. The molecule has 0 atom stereocenters. The Balaban J connectivity index is 2.60. The molecular weight excluding hydrogens is 176 g/mol. The SMILES string of the molecule is CN(C)CCc1ccc(C(N)=O)cc1. The molecule has 1 aromatic rings. The first-order valence-corrected chi connectivity index (χ1v) is 4.63. The van der Waals surface area contributed by atoms with E-state index in [0.717, 1.165) is 13.0 Å². The van der Waals surface area contributed by atoms with Gasteiger partial charge in [-0.15, -0.1) is 0 Å². The van der Waals surface area contributed by atoms with Crippen LogP contribution in [0.15, 0.2) is 24.3 Å². The summed E-state index contributed by atoms with van der Waals surface area (Å²) in [7, 11) is 4.08. The van der Waals surface area contributed by atoms with E-state index in [1.165, 1.54) is 5.56 Å². The normalized spacial score (nSPS) is 10.5. The van der Waals surface area contributed by atoms with Crippen molar-refractivity contribution < 1.29 is 4.79 Å². The molecule has 0 heterocycles. The fourth-order valence-corrected chi connectivity index (χ4v) is 1.19. The third-order valence-corrected chi connectivity index (χ3v) is 2.09. The van der Waals surface area contributed by atoms with Crippen molar-refractivity contribution in [1.82, 2.24) is 4.90 Å². The van der Waals surface area contributed by atoms with Crippen LogP contribution in [0.3, 0.4) is 0 Å². The van der Waals surface area contributed by atoms with E-state index in [0.29, 0.717) is 5.56 Å². The van der Waals surface area contributed by atoms with E-state index in [9.17, 15) is 4.79 Å². The summed E-state index contributed by atoms with van der Waals surface area (Å²) in [6, 6.07) is 7.44. The molecule has 3 heteroatoms. The maximum Gasteiger partial charge on any atom is 0.248 e. The van der Waals surface area contributed by atoms with Gasteiger partial charge in [-0.3, -0.25) is 4.79 Å². The molecule has 0 bridgehead atoms. The van der Waals surface area contributed by atoms with Crippen molar-refractivity contribution in [3.63, 3.8) is 0 Å². The molecule has 0 saturated carbocycles. The second-order valence-corrected chi connectivity index (χ2v) is 3.61. The number of primary amides is 1. The highest BCUT2D eigenvalue weighted by atomic mass is 16.1. The summed E-state index contributed by atoms with van der Waals surface area (Å²) < 4.78 is 0. The zero-order valence-corrected chi connectivity index (χ0v) is 8.66. The molecule has 2 N–H and O–H groups in total. The van der Waals surface area contributed by atoms with E-state index in [2.05, 4.69) is 4.90 Å². The lowest BCUT2D eigenvalue weighted by atomic mass is 10.1. The number of carbonyl (C=O) groups excluding carboxylic acids is 1. The lowest BCUT2D eigenvalue weighted by Crippen LogP contribution is -2.15. The largest absolute Gasteiger partial charge is 0.366 e. The van der Waals surface area contributed by atoms with Crippen LogP contribution in [0.25, 0.3) is 0 Å². The molecule has 76 valence electrons. The van der Waals surface area contributed by atoms with Crippen molar-refractivity contribution in [2.45, 2.75) is 6.42 Å². The van der Waals surface area contributed by atoms with Gasteiger partial charge in [0.2, 0.25) is 5.91 Å². The minimum absolute atomic E-state index is 0.371. The van der Waals surface area contributed by atoms with Crippen molar-refractivity contribution in [2.75, 3.05) is 20.6 Å². The summed E-state index contributed by atoms with van der Waals surface area (Å²) in [5.41, 5.74) is 6.93. The molecule has 0 aliphatic rings. The van der Waals surface area contributed by atoms with Gasteiger partial charge in [-0.05, 0) is 38.2 Å². The molecule has 3 nitrogen and oxygen atoms in total. The summed E-state index contributed by atoms with van der Waals surface area (Å²) in [5, 5.41) is 0. The molecule has 0 fully saturated rings. The van der Waals surface area contributed by atoms with Crippen molar-refractivity contribution >= 4 is 5.91 Å². The highest BCUT2D eigenvalue weighted by molar-refractivity contribution is 5.92. The van der Waals surface area contributed by atoms with Crippen LogP contribution in [-0.4, -0.2) is 31.4 Å². The molecule has 1 rings (SSSR count). The molecule has 0 aromatic heterocycles. The van der Waals surface area contributed by atoms with Gasteiger partial charge >= 0.3 is 0 Å². The maximum absolute atomic E-state index is 10.8. The molecule has 0 saturated heterocycles. The van der Waals surface area contributed by atoms with E-state index in [-0.39, 0.29) is 5.91 Å². The smallest absolute Gasteiger partial charge is 0.248 e. The van der Waals surface area contributed by atoms with E-state index in [4.69, 9.17) is 5.73 Å². The molecule has 0 aliphatic carbocycles. The van der Waals surface area contributed by atoms with Crippen molar-refractivity contribution in [2.24, 2.45) is 5.73 Å². The van der Waals surface area contributed by atoms with Crippen LogP contribution in [0.5, 0.6) is 0 Å². The van der Waals surface area contributed by atoms with Crippen LogP contribution >= 0.6 is 0 Å². The first-order chi connectivity index (χ1) is 6.59. The van der Waals surface area contributed by atoms with Gasteiger partial charge in [0.25, 0.3) is 0 Å². The average molecular weight is 192 g/mol. The number of nitrogens with zero attached hydrogens (tertiary/aromatic N) is 1. The third kappa shape index (κ3) is 3.18. The van der Waals surface area contributed by atoms with Crippen LogP contribution in [0.4, 0.5) is 0 Å². The Labute approximate surface area is 84.5 Å². The Morgan fingerprint density at radius 1 is 1.29 bits per heavy atom. The Morgan fingerprint density at radius 2 is 1.86 bits per heavy atom. The van der Waals surface area contributed by atoms with Gasteiger partial charge in [0, 0.05) is 12.1 Å². The molecule has 0 radical (unpaired) electrons. The summed E-state index contributed by atoms with van der Waals surface area (Å²) in [5.74, 6) is -0.371. The van der Waals surface area contributed by atoms with Crippen molar-refractivity contribution in [3.8, 4) is 0 Å². The second-order valence-electron chi connectivity index (χ2n) is 3.61. The maximum atomic E-state index is 10.8. The summed E-state index contributed by atoms with van der Waals surface area (Å²) in [6.07, 6.45) is 0.992. The Hall–Kier alpha value is -1.35. The number of benzene rings is 1. The fourth-order valence-electron chi connectivity index (χ4n) is 1.19. The Bertz CT molecular complexity index is 304. The zero-order valence-electron chi connectivity index (χ0n) is 8.66. The predicted molar refractivity (Wildman–Crippen MR) is 57.2 cm³/mol. The molecule has 0 unspecified atom stereocenters. The topological polar surface area (TPSA) is 46.3 Å². The number of amides is 1. The number of rotatable bonds is 4. The number of nitrogens with two attached hydrogens (primary N) is 1. The summed E-state index contributed by atoms with van der Waals surface area (Å²) in [6.45, 7) is 1.01.